The molecule has 3 atom stereocenters. The minimum atomic E-state index is 0.0383. The second kappa shape index (κ2) is 6.76. The molecule has 142 valence electrons. The van der Waals surface area contributed by atoms with Crippen molar-refractivity contribution in [2.75, 3.05) is 37.7 Å². The molecule has 0 bridgehead atoms. The molecule has 3 fully saturated rings. The third-order valence-corrected chi connectivity index (χ3v) is 6.56. The quantitative estimate of drug-likeness (QED) is 0.885. The zero-order valence-electron chi connectivity index (χ0n) is 16.2. The predicted molar refractivity (Wildman–Crippen MR) is 104 cm³/mol. The number of hydrogen-bond acceptors (Lipinski definition) is 3. The molecule has 4 rings (SSSR count). The number of benzene rings is 1. The molecule has 3 aliphatic rings. The number of ether oxygens (including phenoxy) is 1. The molecule has 1 aliphatic carbocycles. The zero-order chi connectivity index (χ0) is 18.3. The van der Waals surface area contributed by atoms with Gasteiger partial charge >= 0.3 is 6.03 Å². The van der Waals surface area contributed by atoms with E-state index in [4.69, 9.17) is 4.74 Å². The Morgan fingerprint density at radius 1 is 1.15 bits per heavy atom. The van der Waals surface area contributed by atoms with Crippen LogP contribution in [0.3, 0.4) is 0 Å². The van der Waals surface area contributed by atoms with Crippen molar-refractivity contribution in [2.24, 2.45) is 11.3 Å². The molecule has 1 aromatic rings. The number of carbonyl (C=O) groups excluding carboxylic acids is 1. The Bertz CT molecular complexity index is 658. The summed E-state index contributed by atoms with van der Waals surface area (Å²) >= 11 is 0. The summed E-state index contributed by atoms with van der Waals surface area (Å²) in [5.41, 5.74) is 2.57. The van der Waals surface area contributed by atoms with E-state index in [2.05, 4.69) is 55.3 Å². The number of amides is 2. The van der Waals surface area contributed by atoms with Crippen LogP contribution in [0.15, 0.2) is 24.3 Å². The van der Waals surface area contributed by atoms with Crippen molar-refractivity contribution < 1.29 is 9.53 Å². The molecule has 0 aromatic heterocycles. The van der Waals surface area contributed by atoms with Crippen LogP contribution in [0.1, 0.15) is 32.3 Å². The van der Waals surface area contributed by atoms with E-state index in [0.29, 0.717) is 12.0 Å². The molecule has 2 saturated heterocycles. The number of nitrogens with zero attached hydrogens (tertiary/aromatic N) is 2. The Labute approximate surface area is 156 Å². The van der Waals surface area contributed by atoms with Crippen LogP contribution >= 0.6 is 0 Å². The molecule has 5 heteroatoms. The van der Waals surface area contributed by atoms with E-state index >= 15 is 0 Å². The van der Waals surface area contributed by atoms with Crippen molar-refractivity contribution in [3.8, 4) is 0 Å². The molecule has 2 heterocycles. The highest BCUT2D eigenvalue weighted by Gasteiger charge is 2.60. The highest BCUT2D eigenvalue weighted by atomic mass is 16.5. The van der Waals surface area contributed by atoms with Gasteiger partial charge in [0.15, 0.2) is 0 Å². The van der Waals surface area contributed by atoms with Gasteiger partial charge in [-0.1, -0.05) is 31.5 Å². The highest BCUT2D eigenvalue weighted by molar-refractivity contribution is 5.75. The summed E-state index contributed by atoms with van der Waals surface area (Å²) in [4.78, 5) is 17.3. The fourth-order valence-electron chi connectivity index (χ4n) is 4.98. The van der Waals surface area contributed by atoms with E-state index in [1.807, 2.05) is 4.90 Å². The Morgan fingerprint density at radius 2 is 1.92 bits per heavy atom. The van der Waals surface area contributed by atoms with Crippen LogP contribution in [0.5, 0.6) is 0 Å². The summed E-state index contributed by atoms with van der Waals surface area (Å²) in [6.45, 7) is 10.9. The SMILES string of the molecule is Cc1ccc(N2CCCN(C(=O)N[C@@H]3[C@@H]4CCO[C@H]4C3(C)C)CC2)cc1. The first-order valence-corrected chi connectivity index (χ1v) is 9.95. The second-order valence-electron chi connectivity index (χ2n) is 8.66. The average molecular weight is 357 g/mol. The lowest BCUT2D eigenvalue weighted by Crippen LogP contribution is -2.68. The Hall–Kier alpha value is -1.75. The topological polar surface area (TPSA) is 44.8 Å². The van der Waals surface area contributed by atoms with Crippen molar-refractivity contribution in [1.29, 1.82) is 0 Å². The Balaban J connectivity index is 1.35. The Morgan fingerprint density at radius 3 is 2.69 bits per heavy atom. The van der Waals surface area contributed by atoms with Gasteiger partial charge in [0, 0.05) is 55.8 Å². The van der Waals surface area contributed by atoms with Crippen LogP contribution in [0.2, 0.25) is 0 Å². The molecular weight excluding hydrogens is 326 g/mol. The van der Waals surface area contributed by atoms with E-state index in [1.54, 1.807) is 0 Å². The molecule has 2 amide bonds. The molecule has 0 unspecified atom stereocenters. The smallest absolute Gasteiger partial charge is 0.317 e. The fraction of sp³-hybridized carbons (Fsp3) is 0.667. The standard InChI is InChI=1S/C21H31N3O2/c1-15-5-7-16(8-6-15)23-10-4-11-24(13-12-23)20(25)22-18-17-9-14-26-19(17)21(18,2)3/h5-8,17-19H,4,9-14H2,1-3H3,(H,22,25)/t17-,18+,19+/m0/s1. The number of carbonyl (C=O) groups is 1. The number of fused-ring (bicyclic) bond motifs is 1. The van der Waals surface area contributed by atoms with Gasteiger partial charge in [0.05, 0.1) is 6.10 Å². The van der Waals surface area contributed by atoms with Crippen molar-refractivity contribution in [3.63, 3.8) is 0 Å². The highest BCUT2D eigenvalue weighted by Crippen LogP contribution is 2.52. The number of nitrogens with one attached hydrogen (secondary N) is 1. The summed E-state index contributed by atoms with van der Waals surface area (Å²) in [6.07, 6.45) is 2.39. The molecular formula is C21H31N3O2. The van der Waals surface area contributed by atoms with Crippen LogP contribution in [0.4, 0.5) is 10.5 Å². The summed E-state index contributed by atoms with van der Waals surface area (Å²) in [5.74, 6) is 0.491. The monoisotopic (exact) mass is 357 g/mol. The first-order chi connectivity index (χ1) is 12.5. The first-order valence-electron chi connectivity index (χ1n) is 9.95. The summed E-state index contributed by atoms with van der Waals surface area (Å²) < 4.78 is 5.84. The lowest BCUT2D eigenvalue weighted by molar-refractivity contribution is -0.109. The van der Waals surface area contributed by atoms with Gasteiger partial charge in [-0.2, -0.15) is 0 Å². The molecule has 0 spiro atoms. The molecule has 1 aromatic carbocycles. The van der Waals surface area contributed by atoms with E-state index in [0.717, 1.165) is 45.6 Å². The first kappa shape index (κ1) is 17.7. The maximum absolute atomic E-state index is 12.9. The summed E-state index contributed by atoms with van der Waals surface area (Å²) in [6, 6.07) is 9.01. The van der Waals surface area contributed by atoms with Crippen LogP contribution in [-0.4, -0.2) is 55.9 Å². The van der Waals surface area contributed by atoms with Crippen molar-refractivity contribution >= 4 is 11.7 Å². The second-order valence-corrected chi connectivity index (χ2v) is 8.66. The largest absolute Gasteiger partial charge is 0.377 e. The van der Waals surface area contributed by atoms with Crippen LogP contribution < -0.4 is 10.2 Å². The lowest BCUT2D eigenvalue weighted by atomic mass is 9.57. The minimum Gasteiger partial charge on any atom is -0.377 e. The number of anilines is 1. The van der Waals surface area contributed by atoms with Gasteiger partial charge in [-0.05, 0) is 31.9 Å². The maximum Gasteiger partial charge on any atom is 0.317 e. The number of aryl methyl sites for hydroxylation is 1. The fourth-order valence-corrected chi connectivity index (χ4v) is 4.98. The third-order valence-electron chi connectivity index (χ3n) is 6.56. The van der Waals surface area contributed by atoms with Gasteiger partial charge in [0.2, 0.25) is 0 Å². The van der Waals surface area contributed by atoms with Gasteiger partial charge < -0.3 is 19.9 Å². The molecule has 2 aliphatic heterocycles. The number of urea groups is 1. The minimum absolute atomic E-state index is 0.0383. The summed E-state index contributed by atoms with van der Waals surface area (Å²) in [5, 5.41) is 3.33. The van der Waals surface area contributed by atoms with Gasteiger partial charge in [-0.3, -0.25) is 0 Å². The van der Waals surface area contributed by atoms with Crippen LogP contribution in [0, 0.1) is 18.3 Å². The van der Waals surface area contributed by atoms with Gasteiger partial charge in [0.1, 0.15) is 0 Å². The molecule has 5 nitrogen and oxygen atoms in total. The van der Waals surface area contributed by atoms with E-state index in [1.165, 1.54) is 11.3 Å². The average Bonchev–Trinajstić information content (AvgIpc) is 2.94. The number of rotatable bonds is 2. The predicted octanol–water partition coefficient (Wildman–Crippen LogP) is 3.03. The molecule has 1 saturated carbocycles. The molecule has 0 radical (unpaired) electrons. The van der Waals surface area contributed by atoms with Crippen molar-refractivity contribution in [3.05, 3.63) is 29.8 Å². The van der Waals surface area contributed by atoms with Crippen molar-refractivity contribution in [2.45, 2.75) is 45.8 Å². The maximum atomic E-state index is 12.9. The van der Waals surface area contributed by atoms with Gasteiger partial charge in [-0.25, -0.2) is 4.79 Å². The molecule has 1 N–H and O–H groups in total. The van der Waals surface area contributed by atoms with E-state index in [9.17, 15) is 4.79 Å². The zero-order valence-corrected chi connectivity index (χ0v) is 16.2. The normalized spacial score (nSPS) is 30.3. The van der Waals surface area contributed by atoms with Gasteiger partial charge in [0.25, 0.3) is 0 Å². The van der Waals surface area contributed by atoms with E-state index < -0.39 is 0 Å². The van der Waals surface area contributed by atoms with Crippen molar-refractivity contribution in [1.82, 2.24) is 10.2 Å². The van der Waals surface area contributed by atoms with E-state index in [-0.39, 0.29) is 17.5 Å². The van der Waals surface area contributed by atoms with Crippen LogP contribution in [0.25, 0.3) is 0 Å². The molecule has 26 heavy (non-hydrogen) atoms. The van der Waals surface area contributed by atoms with Gasteiger partial charge in [-0.15, -0.1) is 0 Å². The summed E-state index contributed by atoms with van der Waals surface area (Å²) in [7, 11) is 0. The van der Waals surface area contributed by atoms with Crippen LogP contribution in [-0.2, 0) is 4.74 Å². The third kappa shape index (κ3) is 3.07. The number of hydrogen-bond donors (Lipinski definition) is 1. The Kier molecular flexibility index (Phi) is 4.59. The lowest BCUT2D eigenvalue weighted by Gasteiger charge is -2.54.